The molecule has 0 saturated carbocycles. The fourth-order valence-electron chi connectivity index (χ4n) is 1.58. The Morgan fingerprint density at radius 1 is 1.33 bits per heavy atom. The molecule has 0 aliphatic carbocycles. The number of halogens is 2. The minimum Gasteiger partial charge on any atom is -0.353 e. The molecule has 1 aliphatic heterocycles. The summed E-state index contributed by atoms with van der Waals surface area (Å²) in [6.45, 7) is 7.85. The molecule has 1 aliphatic rings. The minimum atomic E-state index is -0.378. The first kappa shape index (κ1) is 20.6. The van der Waals surface area contributed by atoms with Gasteiger partial charge in [0.1, 0.15) is 0 Å². The van der Waals surface area contributed by atoms with E-state index < -0.39 is 0 Å². The van der Waals surface area contributed by atoms with E-state index in [1.165, 1.54) is 11.5 Å². The second kappa shape index (κ2) is 11.2. The summed E-state index contributed by atoms with van der Waals surface area (Å²) in [5.41, 5.74) is 5.75. The number of nitrogens with two attached hydrogens (primary N) is 1. The highest BCUT2D eigenvalue weighted by atomic mass is 35.5. The molecule has 3 N–H and O–H groups in total. The van der Waals surface area contributed by atoms with Crippen LogP contribution >= 0.6 is 36.6 Å². The normalized spacial score (nSPS) is 17.6. The lowest BCUT2D eigenvalue weighted by molar-refractivity contribution is -0.123. The summed E-state index contributed by atoms with van der Waals surface area (Å²) in [5.74, 6) is 2.59. The van der Waals surface area contributed by atoms with E-state index in [-0.39, 0.29) is 42.7 Å². The topological polar surface area (TPSA) is 58.4 Å². The van der Waals surface area contributed by atoms with E-state index in [2.05, 4.69) is 10.2 Å². The van der Waals surface area contributed by atoms with Crippen molar-refractivity contribution in [1.82, 2.24) is 10.2 Å². The first-order chi connectivity index (χ1) is 7.61. The number of amides is 1. The van der Waals surface area contributed by atoms with E-state index >= 15 is 0 Å². The Morgan fingerprint density at radius 2 is 1.89 bits per heavy atom. The molecule has 18 heavy (non-hydrogen) atoms. The second-order valence-corrected chi connectivity index (χ2v) is 5.74. The Bertz CT molecular complexity index is 226. The molecule has 7 heteroatoms. The fraction of sp³-hybridized carbons (Fsp3) is 0.909. The van der Waals surface area contributed by atoms with Crippen LogP contribution in [0, 0.1) is 5.92 Å². The standard InChI is InChI=1S/C11H23N3OS.2ClH/c1-9(2)10(12)11(15)13-3-4-14-5-7-16-8-6-14;;/h9-10H,3-8,12H2,1-2H3,(H,13,15);2*1H/t10-;;/m1../s1. The predicted octanol–water partition coefficient (Wildman–Crippen LogP) is 0.978. The highest BCUT2D eigenvalue weighted by Gasteiger charge is 2.17. The highest BCUT2D eigenvalue weighted by molar-refractivity contribution is 7.99. The van der Waals surface area contributed by atoms with Crippen molar-refractivity contribution in [3.63, 3.8) is 0 Å². The number of rotatable bonds is 5. The van der Waals surface area contributed by atoms with Gasteiger partial charge in [-0.15, -0.1) is 24.8 Å². The third kappa shape index (κ3) is 7.69. The van der Waals surface area contributed by atoms with Crippen LogP contribution in [0.2, 0.25) is 0 Å². The van der Waals surface area contributed by atoms with Crippen LogP contribution in [0.25, 0.3) is 0 Å². The third-order valence-electron chi connectivity index (χ3n) is 2.85. The van der Waals surface area contributed by atoms with Gasteiger partial charge in [-0.3, -0.25) is 9.69 Å². The molecule has 0 aromatic rings. The van der Waals surface area contributed by atoms with E-state index in [1.807, 2.05) is 25.6 Å². The number of hydrogen-bond acceptors (Lipinski definition) is 4. The molecule has 0 bridgehead atoms. The van der Waals surface area contributed by atoms with Crippen molar-refractivity contribution in [3.8, 4) is 0 Å². The van der Waals surface area contributed by atoms with Crippen LogP contribution in [0.3, 0.4) is 0 Å². The van der Waals surface area contributed by atoms with Gasteiger partial charge in [0.25, 0.3) is 0 Å². The van der Waals surface area contributed by atoms with Crippen molar-refractivity contribution in [2.75, 3.05) is 37.7 Å². The summed E-state index contributed by atoms with van der Waals surface area (Å²) in [5, 5.41) is 2.90. The Balaban J connectivity index is 0. The van der Waals surface area contributed by atoms with Gasteiger partial charge >= 0.3 is 0 Å². The van der Waals surface area contributed by atoms with Crippen LogP contribution in [0.15, 0.2) is 0 Å². The SMILES string of the molecule is CC(C)[C@@H](N)C(=O)NCCN1CCSCC1.Cl.Cl. The quantitative estimate of drug-likeness (QED) is 0.793. The lowest BCUT2D eigenvalue weighted by Gasteiger charge is -2.26. The van der Waals surface area contributed by atoms with E-state index in [0.717, 1.165) is 19.6 Å². The van der Waals surface area contributed by atoms with E-state index in [1.54, 1.807) is 0 Å². The molecule has 0 radical (unpaired) electrons. The smallest absolute Gasteiger partial charge is 0.237 e. The maximum atomic E-state index is 11.6. The molecule has 1 heterocycles. The maximum Gasteiger partial charge on any atom is 0.237 e. The van der Waals surface area contributed by atoms with E-state index in [9.17, 15) is 4.79 Å². The largest absolute Gasteiger partial charge is 0.353 e. The molecule has 4 nitrogen and oxygen atoms in total. The summed E-state index contributed by atoms with van der Waals surface area (Å²) in [7, 11) is 0. The van der Waals surface area contributed by atoms with Gasteiger partial charge in [-0.05, 0) is 5.92 Å². The zero-order valence-electron chi connectivity index (χ0n) is 11.1. The molecule has 1 rings (SSSR count). The van der Waals surface area contributed by atoms with Gasteiger partial charge in [0.15, 0.2) is 0 Å². The van der Waals surface area contributed by atoms with E-state index in [4.69, 9.17) is 5.73 Å². The molecule has 0 spiro atoms. The average molecular weight is 318 g/mol. The molecule has 0 aromatic carbocycles. The van der Waals surface area contributed by atoms with E-state index in [0.29, 0.717) is 6.54 Å². The molecule has 1 fully saturated rings. The van der Waals surface area contributed by atoms with Gasteiger partial charge in [-0.25, -0.2) is 0 Å². The van der Waals surface area contributed by atoms with Gasteiger partial charge in [0.2, 0.25) is 5.91 Å². The summed E-state index contributed by atoms with van der Waals surface area (Å²) in [4.78, 5) is 14.0. The average Bonchev–Trinajstić information content (AvgIpc) is 2.29. The number of nitrogens with one attached hydrogen (secondary N) is 1. The first-order valence-electron chi connectivity index (χ1n) is 5.94. The van der Waals surface area contributed by atoms with Crippen molar-refractivity contribution in [2.45, 2.75) is 19.9 Å². The molecule has 1 atom stereocenters. The third-order valence-corrected chi connectivity index (χ3v) is 3.79. The number of nitrogens with zero attached hydrogens (tertiary/aromatic N) is 1. The first-order valence-corrected chi connectivity index (χ1v) is 7.10. The van der Waals surface area contributed by atoms with Gasteiger partial charge in [-0.1, -0.05) is 13.8 Å². The summed E-state index contributed by atoms with van der Waals surface area (Å²) >= 11 is 2.00. The van der Waals surface area contributed by atoms with Crippen molar-refractivity contribution >= 4 is 42.5 Å². The van der Waals surface area contributed by atoms with Crippen LogP contribution < -0.4 is 11.1 Å². The molecule has 0 unspecified atom stereocenters. The zero-order valence-corrected chi connectivity index (χ0v) is 13.5. The van der Waals surface area contributed by atoms with Gasteiger partial charge < -0.3 is 11.1 Å². The Kier molecular flexibility index (Phi) is 12.8. The van der Waals surface area contributed by atoms with Crippen molar-refractivity contribution in [2.24, 2.45) is 11.7 Å². The van der Waals surface area contributed by atoms with Gasteiger partial charge in [0, 0.05) is 37.7 Å². The summed E-state index contributed by atoms with van der Waals surface area (Å²) < 4.78 is 0. The molecular formula is C11H25Cl2N3OS. The molecule has 1 saturated heterocycles. The summed E-state index contributed by atoms with van der Waals surface area (Å²) in [6.07, 6.45) is 0. The number of hydrogen-bond donors (Lipinski definition) is 2. The second-order valence-electron chi connectivity index (χ2n) is 4.51. The molecule has 0 aromatic heterocycles. The Morgan fingerprint density at radius 3 is 2.39 bits per heavy atom. The highest BCUT2D eigenvalue weighted by Crippen LogP contribution is 2.07. The minimum absolute atomic E-state index is 0. The van der Waals surface area contributed by atoms with Crippen LogP contribution in [0.1, 0.15) is 13.8 Å². The van der Waals surface area contributed by atoms with Crippen LogP contribution in [-0.2, 0) is 4.79 Å². The monoisotopic (exact) mass is 317 g/mol. The molecule has 1 amide bonds. The fourth-order valence-corrected chi connectivity index (χ4v) is 2.56. The lowest BCUT2D eigenvalue weighted by Crippen LogP contribution is -2.46. The van der Waals surface area contributed by atoms with Gasteiger partial charge in [0.05, 0.1) is 6.04 Å². The molecular weight excluding hydrogens is 293 g/mol. The number of carbonyl (C=O) groups is 1. The number of thioether (sulfide) groups is 1. The zero-order chi connectivity index (χ0) is 12.0. The summed E-state index contributed by atoms with van der Waals surface area (Å²) in [6, 6.07) is -0.378. The Hall–Kier alpha value is 0.320. The van der Waals surface area contributed by atoms with Crippen molar-refractivity contribution in [1.29, 1.82) is 0 Å². The Labute approximate surface area is 127 Å². The predicted molar refractivity (Wildman–Crippen MR) is 84.1 cm³/mol. The van der Waals surface area contributed by atoms with Gasteiger partial charge in [-0.2, -0.15) is 11.8 Å². The van der Waals surface area contributed by atoms with Crippen LogP contribution in [-0.4, -0.2) is 54.5 Å². The number of carbonyl (C=O) groups excluding carboxylic acids is 1. The molecule has 110 valence electrons. The maximum absolute atomic E-state index is 11.6. The van der Waals surface area contributed by atoms with Crippen LogP contribution in [0.4, 0.5) is 0 Å². The van der Waals surface area contributed by atoms with Crippen LogP contribution in [0.5, 0.6) is 0 Å². The van der Waals surface area contributed by atoms with Crippen molar-refractivity contribution < 1.29 is 4.79 Å². The lowest BCUT2D eigenvalue weighted by atomic mass is 10.1. The van der Waals surface area contributed by atoms with Crippen molar-refractivity contribution in [3.05, 3.63) is 0 Å².